The van der Waals surface area contributed by atoms with Crippen LogP contribution in [0.25, 0.3) is 22.1 Å². The molecule has 2 heterocycles. The van der Waals surface area contributed by atoms with Crippen LogP contribution in [-0.2, 0) is 16.1 Å². The van der Waals surface area contributed by atoms with Crippen molar-refractivity contribution in [2.75, 3.05) is 10.6 Å². The van der Waals surface area contributed by atoms with Crippen molar-refractivity contribution >= 4 is 57.0 Å². The van der Waals surface area contributed by atoms with Crippen molar-refractivity contribution in [1.82, 2.24) is 19.7 Å². The lowest BCUT2D eigenvalue weighted by atomic mass is 10.2. The summed E-state index contributed by atoms with van der Waals surface area (Å²) in [5.41, 5.74) is 3.94. The lowest BCUT2D eigenvalue weighted by molar-refractivity contribution is -0.116. The van der Waals surface area contributed by atoms with Gasteiger partial charge in [0.2, 0.25) is 17.0 Å². The third kappa shape index (κ3) is 4.43. The maximum Gasteiger partial charge on any atom is 0.237 e. The monoisotopic (exact) mass is 448 g/mol. The number of rotatable bonds is 7. The van der Waals surface area contributed by atoms with E-state index in [0.717, 1.165) is 28.6 Å². The van der Waals surface area contributed by atoms with Gasteiger partial charge in [0.15, 0.2) is 5.65 Å². The zero-order valence-electron chi connectivity index (χ0n) is 18.1. The van der Waals surface area contributed by atoms with E-state index in [4.69, 9.17) is 4.98 Å². The summed E-state index contributed by atoms with van der Waals surface area (Å²) in [5, 5.41) is 15.5. The molecule has 0 saturated carbocycles. The van der Waals surface area contributed by atoms with Gasteiger partial charge in [0.1, 0.15) is 5.52 Å². The first-order chi connectivity index (χ1) is 15.5. The second-order valence-electron chi connectivity index (χ2n) is 7.29. The Morgan fingerprint density at radius 2 is 1.69 bits per heavy atom. The minimum Gasteiger partial charge on any atom is -0.326 e. The Morgan fingerprint density at radius 3 is 2.34 bits per heavy atom. The molecule has 2 N–H and O–H groups in total. The highest BCUT2D eigenvalue weighted by Gasteiger charge is 2.21. The van der Waals surface area contributed by atoms with E-state index in [1.165, 1.54) is 18.7 Å². The van der Waals surface area contributed by atoms with Crippen molar-refractivity contribution in [3.8, 4) is 0 Å². The Hall–Kier alpha value is -3.46. The first kappa shape index (κ1) is 21.8. The number of benzene rings is 2. The maximum atomic E-state index is 12.9. The predicted octanol–water partition coefficient (Wildman–Crippen LogP) is 4.47. The summed E-state index contributed by atoms with van der Waals surface area (Å²) in [6.07, 6.45) is 0.610. The van der Waals surface area contributed by atoms with E-state index in [1.54, 1.807) is 24.3 Å². The topological polar surface area (TPSA) is 102 Å². The normalized spacial score (nSPS) is 12.1. The van der Waals surface area contributed by atoms with Gasteiger partial charge < -0.3 is 15.2 Å². The molecular weight excluding hydrogens is 424 g/mol. The van der Waals surface area contributed by atoms with Gasteiger partial charge in [-0.2, -0.15) is 0 Å². The number of aryl methyl sites for hydroxylation is 1. The predicted molar refractivity (Wildman–Crippen MR) is 128 cm³/mol. The molecule has 0 fully saturated rings. The summed E-state index contributed by atoms with van der Waals surface area (Å²) in [7, 11) is 0. The third-order valence-corrected chi connectivity index (χ3v) is 6.27. The van der Waals surface area contributed by atoms with Gasteiger partial charge in [0.05, 0.1) is 10.8 Å². The van der Waals surface area contributed by atoms with Crippen molar-refractivity contribution in [3.05, 3.63) is 48.5 Å². The molecule has 2 aromatic carbocycles. The van der Waals surface area contributed by atoms with Crippen LogP contribution in [0, 0.1) is 0 Å². The summed E-state index contributed by atoms with van der Waals surface area (Å²) in [4.78, 5) is 28.7. The number of hydrogen-bond acceptors (Lipinski definition) is 6. The highest BCUT2D eigenvalue weighted by Crippen LogP contribution is 2.29. The van der Waals surface area contributed by atoms with Gasteiger partial charge in [-0.05, 0) is 43.7 Å². The fraction of sp³-hybridized carbons (Fsp3) is 0.261. The number of thioether (sulfide) groups is 1. The van der Waals surface area contributed by atoms with Gasteiger partial charge >= 0.3 is 0 Å². The van der Waals surface area contributed by atoms with Gasteiger partial charge in [-0.15, -0.1) is 10.2 Å². The standard InChI is InChI=1S/C23H24N6O2S/c1-4-19(22(31)25-16-12-10-15(11-13-16)24-14(3)30)32-23-26-21-20(27-28-23)17-8-6-7-9-18(17)29(21)5-2/h6-13,19H,4-5H2,1-3H3,(H,24,30)(H,25,31)/t19-/m1/s1. The second kappa shape index (κ2) is 9.35. The van der Waals surface area contributed by atoms with Crippen molar-refractivity contribution in [2.24, 2.45) is 0 Å². The number of amides is 2. The highest BCUT2D eigenvalue weighted by molar-refractivity contribution is 8.00. The lowest BCUT2D eigenvalue weighted by Gasteiger charge is -2.14. The summed E-state index contributed by atoms with van der Waals surface area (Å²) in [6, 6.07) is 15.0. The number of fused-ring (bicyclic) bond motifs is 3. The average molecular weight is 449 g/mol. The molecule has 0 saturated heterocycles. The van der Waals surface area contributed by atoms with Crippen LogP contribution in [-0.4, -0.2) is 36.8 Å². The molecule has 4 rings (SSSR count). The largest absolute Gasteiger partial charge is 0.326 e. The molecule has 8 nitrogen and oxygen atoms in total. The van der Waals surface area contributed by atoms with Crippen LogP contribution in [0.1, 0.15) is 27.2 Å². The number of anilines is 2. The molecule has 0 aliphatic carbocycles. The Labute approximate surface area is 189 Å². The number of hydrogen-bond donors (Lipinski definition) is 2. The van der Waals surface area contributed by atoms with E-state index in [-0.39, 0.29) is 17.1 Å². The van der Waals surface area contributed by atoms with E-state index in [9.17, 15) is 9.59 Å². The number of carbonyl (C=O) groups is 2. The molecule has 9 heteroatoms. The SMILES string of the molecule is CC[C@@H](Sc1nnc2c3ccccc3n(CC)c2n1)C(=O)Nc1ccc(NC(C)=O)cc1. The molecule has 1 atom stereocenters. The van der Waals surface area contributed by atoms with Crippen LogP contribution in [0.3, 0.4) is 0 Å². The Kier molecular flexibility index (Phi) is 6.36. The summed E-state index contributed by atoms with van der Waals surface area (Å²) >= 11 is 1.30. The molecule has 0 unspecified atom stereocenters. The lowest BCUT2D eigenvalue weighted by Crippen LogP contribution is -2.25. The highest BCUT2D eigenvalue weighted by atomic mass is 32.2. The molecule has 4 aromatic rings. The zero-order valence-corrected chi connectivity index (χ0v) is 18.9. The smallest absolute Gasteiger partial charge is 0.237 e. The van der Waals surface area contributed by atoms with Gasteiger partial charge in [-0.1, -0.05) is 36.9 Å². The van der Waals surface area contributed by atoms with Crippen molar-refractivity contribution in [3.63, 3.8) is 0 Å². The summed E-state index contributed by atoms with van der Waals surface area (Å²) in [5.74, 6) is -0.276. The molecule has 2 aromatic heterocycles. The second-order valence-corrected chi connectivity index (χ2v) is 8.46. The molecule has 2 amide bonds. The average Bonchev–Trinajstić information content (AvgIpc) is 3.11. The minimum atomic E-state index is -0.372. The van der Waals surface area contributed by atoms with E-state index in [2.05, 4.69) is 38.4 Å². The summed E-state index contributed by atoms with van der Waals surface area (Å²) in [6.45, 7) is 6.23. The Balaban J connectivity index is 1.53. The van der Waals surface area contributed by atoms with Crippen LogP contribution in [0.15, 0.2) is 53.7 Å². The minimum absolute atomic E-state index is 0.135. The fourth-order valence-electron chi connectivity index (χ4n) is 3.57. The van der Waals surface area contributed by atoms with Crippen molar-refractivity contribution < 1.29 is 9.59 Å². The van der Waals surface area contributed by atoms with Crippen LogP contribution in [0.5, 0.6) is 0 Å². The van der Waals surface area contributed by atoms with E-state index in [1.807, 2.05) is 25.1 Å². The van der Waals surface area contributed by atoms with Gasteiger partial charge in [-0.3, -0.25) is 9.59 Å². The number of para-hydroxylation sites is 1. The molecule has 164 valence electrons. The fourth-order valence-corrected chi connectivity index (χ4v) is 4.39. The number of carbonyl (C=O) groups excluding carboxylic acids is 2. The zero-order chi connectivity index (χ0) is 22.7. The van der Waals surface area contributed by atoms with E-state index >= 15 is 0 Å². The first-order valence-electron chi connectivity index (χ1n) is 10.5. The van der Waals surface area contributed by atoms with E-state index < -0.39 is 0 Å². The van der Waals surface area contributed by atoms with Crippen LogP contribution in [0.2, 0.25) is 0 Å². The molecule has 0 aliphatic rings. The number of aromatic nitrogens is 4. The van der Waals surface area contributed by atoms with Crippen LogP contribution < -0.4 is 10.6 Å². The molecule has 32 heavy (non-hydrogen) atoms. The van der Waals surface area contributed by atoms with Crippen molar-refractivity contribution in [1.29, 1.82) is 0 Å². The molecule has 0 radical (unpaired) electrons. The van der Waals surface area contributed by atoms with Crippen LogP contribution >= 0.6 is 11.8 Å². The van der Waals surface area contributed by atoms with Crippen LogP contribution in [0.4, 0.5) is 11.4 Å². The number of nitrogens with zero attached hydrogens (tertiary/aromatic N) is 4. The summed E-state index contributed by atoms with van der Waals surface area (Å²) < 4.78 is 2.11. The van der Waals surface area contributed by atoms with Gasteiger partial charge in [-0.25, -0.2) is 4.98 Å². The van der Waals surface area contributed by atoms with E-state index in [0.29, 0.717) is 23.0 Å². The Morgan fingerprint density at radius 1 is 1.00 bits per heavy atom. The third-order valence-electron chi connectivity index (χ3n) is 5.05. The molecular formula is C23H24N6O2S. The molecule has 0 spiro atoms. The van der Waals surface area contributed by atoms with Gasteiger partial charge in [0.25, 0.3) is 0 Å². The van der Waals surface area contributed by atoms with Crippen molar-refractivity contribution in [2.45, 2.75) is 44.1 Å². The molecule has 0 bridgehead atoms. The molecule has 0 aliphatic heterocycles. The Bertz CT molecular complexity index is 1290. The first-order valence-corrected chi connectivity index (χ1v) is 11.3. The quantitative estimate of drug-likeness (QED) is 0.405. The maximum absolute atomic E-state index is 12.9. The number of nitrogens with one attached hydrogen (secondary N) is 2. The van der Waals surface area contributed by atoms with Gasteiger partial charge in [0, 0.05) is 30.2 Å².